The molecular weight excluding hydrogens is 430 g/mol. The molecule has 32 heavy (non-hydrogen) atoms. The van der Waals surface area contributed by atoms with Crippen LogP contribution in [-0.4, -0.2) is 33.0 Å². The van der Waals surface area contributed by atoms with E-state index >= 15 is 0 Å². The fraction of sp³-hybridized carbons (Fsp3) is 0.217. The highest BCUT2D eigenvalue weighted by Gasteiger charge is 2.24. The monoisotopic (exact) mass is 455 g/mol. The van der Waals surface area contributed by atoms with E-state index in [0.717, 1.165) is 21.7 Å². The Morgan fingerprint density at radius 2 is 1.66 bits per heavy atom. The molecule has 2 aromatic carbocycles. The maximum absolute atomic E-state index is 12.8. The first-order chi connectivity index (χ1) is 15.2. The average Bonchev–Trinajstić information content (AvgIpc) is 3.24. The van der Waals surface area contributed by atoms with Crippen molar-refractivity contribution in [1.29, 1.82) is 0 Å². The third-order valence-corrected chi connectivity index (χ3v) is 5.94. The number of nitrogens with zero attached hydrogens (tertiary/aromatic N) is 1. The van der Waals surface area contributed by atoms with Gasteiger partial charge in [-0.15, -0.1) is 0 Å². The Morgan fingerprint density at radius 3 is 2.28 bits per heavy atom. The lowest BCUT2D eigenvalue weighted by Crippen LogP contribution is -2.38. The summed E-state index contributed by atoms with van der Waals surface area (Å²) in [5, 5.41) is 5.40. The second-order valence-electron chi connectivity index (χ2n) is 7.37. The lowest BCUT2D eigenvalue weighted by Gasteiger charge is -2.25. The minimum Gasteiger partial charge on any atom is -0.467 e. The number of carbonyl (C=O) groups excluding carboxylic acids is 2. The molecule has 0 spiro atoms. The van der Waals surface area contributed by atoms with Crippen molar-refractivity contribution in [3.63, 3.8) is 0 Å². The van der Waals surface area contributed by atoms with E-state index in [2.05, 4.69) is 10.6 Å². The van der Waals surface area contributed by atoms with Crippen LogP contribution >= 0.6 is 0 Å². The van der Waals surface area contributed by atoms with Gasteiger partial charge in [-0.05, 0) is 49.2 Å². The van der Waals surface area contributed by atoms with Gasteiger partial charge in [0.1, 0.15) is 12.3 Å². The molecule has 2 N–H and O–H groups in total. The third-order valence-electron chi connectivity index (χ3n) is 4.83. The fourth-order valence-electron chi connectivity index (χ4n) is 3.35. The van der Waals surface area contributed by atoms with Crippen LogP contribution < -0.4 is 14.9 Å². The second kappa shape index (κ2) is 9.69. The molecule has 0 bridgehead atoms. The number of hydrogen-bond donors (Lipinski definition) is 2. The molecule has 1 aromatic heterocycles. The first-order valence-electron chi connectivity index (χ1n) is 9.90. The maximum Gasteiger partial charge on any atom is 0.253 e. The Morgan fingerprint density at radius 1 is 0.969 bits per heavy atom. The summed E-state index contributed by atoms with van der Waals surface area (Å²) < 4.78 is 31.2. The van der Waals surface area contributed by atoms with Crippen molar-refractivity contribution in [2.45, 2.75) is 20.4 Å². The number of aryl methyl sites for hydroxylation is 2. The Bertz CT molecular complexity index is 1200. The summed E-state index contributed by atoms with van der Waals surface area (Å²) >= 11 is 0. The van der Waals surface area contributed by atoms with E-state index in [4.69, 9.17) is 4.42 Å². The van der Waals surface area contributed by atoms with Crippen molar-refractivity contribution in [1.82, 2.24) is 5.32 Å². The number of nitrogens with one attached hydrogen (secondary N) is 2. The number of anilines is 2. The van der Waals surface area contributed by atoms with Gasteiger partial charge >= 0.3 is 0 Å². The molecule has 0 saturated carbocycles. The molecular formula is C23H25N3O5S. The Kier molecular flexibility index (Phi) is 6.99. The van der Waals surface area contributed by atoms with Crippen LogP contribution in [0.1, 0.15) is 27.2 Å². The van der Waals surface area contributed by atoms with E-state index in [9.17, 15) is 18.0 Å². The molecule has 168 valence electrons. The van der Waals surface area contributed by atoms with Crippen molar-refractivity contribution in [3.05, 3.63) is 83.3 Å². The molecule has 0 aliphatic carbocycles. The highest BCUT2D eigenvalue weighted by molar-refractivity contribution is 7.92. The van der Waals surface area contributed by atoms with Crippen molar-refractivity contribution in [2.24, 2.45) is 0 Å². The van der Waals surface area contributed by atoms with Crippen LogP contribution in [0.4, 0.5) is 11.4 Å². The third kappa shape index (κ3) is 5.55. The van der Waals surface area contributed by atoms with Crippen LogP contribution in [0.5, 0.6) is 0 Å². The molecule has 2 amide bonds. The molecule has 0 aliphatic heterocycles. The number of sulfonamides is 1. The summed E-state index contributed by atoms with van der Waals surface area (Å²) in [4.78, 5) is 25.4. The molecule has 0 aliphatic rings. The van der Waals surface area contributed by atoms with Gasteiger partial charge in [-0.1, -0.05) is 30.3 Å². The molecule has 0 radical (unpaired) electrons. The summed E-state index contributed by atoms with van der Waals surface area (Å²) in [5.74, 6) is -0.367. The lowest BCUT2D eigenvalue weighted by molar-refractivity contribution is -0.114. The first-order valence-corrected chi connectivity index (χ1v) is 11.7. The SMILES string of the molecule is Cc1cccc(C)c1N(CC(=O)Nc1ccccc1C(=O)NCc1ccco1)S(C)(=O)=O. The maximum atomic E-state index is 12.8. The van der Waals surface area contributed by atoms with Crippen LogP contribution in [0.25, 0.3) is 0 Å². The van der Waals surface area contributed by atoms with Gasteiger partial charge in [-0.25, -0.2) is 8.42 Å². The molecule has 9 heteroatoms. The van der Waals surface area contributed by atoms with Gasteiger partial charge in [0, 0.05) is 0 Å². The smallest absolute Gasteiger partial charge is 0.253 e. The van der Waals surface area contributed by atoms with Crippen LogP contribution in [0, 0.1) is 13.8 Å². The van der Waals surface area contributed by atoms with Crippen LogP contribution in [0.15, 0.2) is 65.3 Å². The standard InChI is InChI=1S/C23H25N3O5S/c1-16-8-6-9-17(2)22(16)26(32(3,29)30)15-21(27)25-20-12-5-4-11-19(20)23(28)24-14-18-10-7-13-31-18/h4-13H,14-15H2,1-3H3,(H,24,28)(H,25,27). The minimum absolute atomic E-state index is 0.197. The van der Waals surface area contributed by atoms with Crippen molar-refractivity contribution >= 4 is 33.2 Å². The summed E-state index contributed by atoms with van der Waals surface area (Å²) in [6.07, 6.45) is 2.57. The zero-order valence-electron chi connectivity index (χ0n) is 18.1. The summed E-state index contributed by atoms with van der Waals surface area (Å²) in [5.41, 5.74) is 2.48. The van der Waals surface area contributed by atoms with E-state index < -0.39 is 28.4 Å². The van der Waals surface area contributed by atoms with E-state index in [-0.39, 0.29) is 17.8 Å². The van der Waals surface area contributed by atoms with Gasteiger partial charge in [0.05, 0.1) is 36.0 Å². The van der Waals surface area contributed by atoms with E-state index in [0.29, 0.717) is 11.4 Å². The van der Waals surface area contributed by atoms with Crippen molar-refractivity contribution < 1.29 is 22.4 Å². The first kappa shape index (κ1) is 23.1. The molecule has 8 nitrogen and oxygen atoms in total. The molecule has 1 heterocycles. The summed E-state index contributed by atoms with van der Waals surface area (Å²) in [6.45, 7) is 3.35. The van der Waals surface area contributed by atoms with Gasteiger partial charge in [0.25, 0.3) is 5.91 Å². The quantitative estimate of drug-likeness (QED) is 0.542. The summed E-state index contributed by atoms with van der Waals surface area (Å²) in [6, 6.07) is 15.4. The van der Waals surface area contributed by atoms with Gasteiger partial charge in [-0.2, -0.15) is 0 Å². The van der Waals surface area contributed by atoms with Gasteiger partial charge in [0.15, 0.2) is 0 Å². The number of carbonyl (C=O) groups is 2. The topological polar surface area (TPSA) is 109 Å². The Labute approximate surface area is 187 Å². The Hall–Kier alpha value is -3.59. The molecule has 0 fully saturated rings. The largest absolute Gasteiger partial charge is 0.467 e. The number of furan rings is 1. The second-order valence-corrected chi connectivity index (χ2v) is 9.27. The van der Waals surface area contributed by atoms with E-state index in [1.165, 1.54) is 6.26 Å². The number of amides is 2. The van der Waals surface area contributed by atoms with Crippen molar-refractivity contribution in [3.8, 4) is 0 Å². The molecule has 0 unspecified atom stereocenters. The molecule has 3 rings (SSSR count). The highest BCUT2D eigenvalue weighted by atomic mass is 32.2. The number of rotatable bonds is 8. The number of para-hydroxylation sites is 2. The van der Waals surface area contributed by atoms with E-state index in [1.54, 1.807) is 62.4 Å². The van der Waals surface area contributed by atoms with E-state index in [1.807, 2.05) is 6.07 Å². The molecule has 0 atom stereocenters. The molecule has 0 saturated heterocycles. The Balaban J connectivity index is 1.78. The molecule has 3 aromatic rings. The van der Waals surface area contributed by atoms with Crippen LogP contribution in [0.2, 0.25) is 0 Å². The summed E-state index contributed by atoms with van der Waals surface area (Å²) in [7, 11) is -3.73. The predicted molar refractivity (Wildman–Crippen MR) is 123 cm³/mol. The number of hydrogen-bond acceptors (Lipinski definition) is 5. The lowest BCUT2D eigenvalue weighted by atomic mass is 10.1. The van der Waals surface area contributed by atoms with Gasteiger partial charge in [-0.3, -0.25) is 13.9 Å². The van der Waals surface area contributed by atoms with Gasteiger partial charge < -0.3 is 15.1 Å². The normalized spacial score (nSPS) is 11.1. The van der Waals surface area contributed by atoms with Gasteiger partial charge in [0.2, 0.25) is 15.9 Å². The van der Waals surface area contributed by atoms with Crippen LogP contribution in [0.3, 0.4) is 0 Å². The fourth-order valence-corrected chi connectivity index (χ4v) is 4.32. The zero-order valence-corrected chi connectivity index (χ0v) is 18.9. The average molecular weight is 456 g/mol. The minimum atomic E-state index is -3.73. The van der Waals surface area contributed by atoms with Crippen molar-refractivity contribution in [2.75, 3.05) is 22.4 Å². The predicted octanol–water partition coefficient (Wildman–Crippen LogP) is 3.23. The number of benzene rings is 2. The highest BCUT2D eigenvalue weighted by Crippen LogP contribution is 2.27. The van der Waals surface area contributed by atoms with Crippen LogP contribution in [-0.2, 0) is 21.4 Å². The zero-order chi connectivity index (χ0) is 23.3.